The van der Waals surface area contributed by atoms with Crippen molar-refractivity contribution in [1.29, 1.82) is 0 Å². The van der Waals surface area contributed by atoms with E-state index in [0.717, 1.165) is 38.6 Å². The number of aliphatic hydroxyl groups is 1. The Morgan fingerprint density at radius 3 is 2.23 bits per heavy atom. The van der Waals surface area contributed by atoms with Crippen LogP contribution < -0.4 is 4.90 Å². The third-order valence-electron chi connectivity index (χ3n) is 7.51. The lowest BCUT2D eigenvalue weighted by Gasteiger charge is -2.24. The quantitative estimate of drug-likeness (QED) is 0.365. The summed E-state index contributed by atoms with van der Waals surface area (Å²) in [5, 5.41) is 14.0. The van der Waals surface area contributed by atoms with Gasteiger partial charge in [0, 0.05) is 11.1 Å². The summed E-state index contributed by atoms with van der Waals surface area (Å²) in [5.74, 6) is -0.677. The van der Waals surface area contributed by atoms with Crippen LogP contribution in [-0.4, -0.2) is 16.8 Å². The van der Waals surface area contributed by atoms with Gasteiger partial charge in [0.2, 0.25) is 0 Å². The van der Waals surface area contributed by atoms with Gasteiger partial charge in [0.25, 0.3) is 5.91 Å². The molecule has 1 amide bonds. The number of rotatable bonds is 5. The van der Waals surface area contributed by atoms with Crippen molar-refractivity contribution in [3.63, 3.8) is 0 Å². The van der Waals surface area contributed by atoms with Crippen LogP contribution in [-0.2, 0) is 16.9 Å². The van der Waals surface area contributed by atoms with E-state index in [4.69, 9.17) is 0 Å². The Bertz CT molecular complexity index is 1470. The van der Waals surface area contributed by atoms with Gasteiger partial charge >= 0.3 is 0 Å². The Kier molecular flexibility index (Phi) is 5.57. The van der Waals surface area contributed by atoms with Crippen molar-refractivity contribution in [3.05, 3.63) is 112 Å². The van der Waals surface area contributed by atoms with E-state index >= 15 is 0 Å². The molecule has 0 saturated heterocycles. The number of anilines is 1. The number of para-hydroxylation sites is 1. The van der Waals surface area contributed by atoms with Crippen LogP contribution in [0.5, 0.6) is 0 Å². The van der Waals surface area contributed by atoms with Crippen LogP contribution in [0.4, 0.5) is 5.69 Å². The Labute approximate surface area is 205 Å². The highest BCUT2D eigenvalue weighted by atomic mass is 16.3. The summed E-state index contributed by atoms with van der Waals surface area (Å²) in [6.45, 7) is 8.13. The molecule has 1 N–H and O–H groups in total. The third-order valence-corrected chi connectivity index (χ3v) is 7.51. The fourth-order valence-electron chi connectivity index (χ4n) is 5.39. The van der Waals surface area contributed by atoms with Crippen LogP contribution in [0.25, 0.3) is 10.8 Å². The minimum atomic E-state index is -1.91. The highest BCUT2D eigenvalue weighted by molar-refractivity contribution is 6.11. The Morgan fingerprint density at radius 2 is 1.49 bits per heavy atom. The van der Waals surface area contributed by atoms with Crippen LogP contribution in [0.15, 0.2) is 72.8 Å². The van der Waals surface area contributed by atoms with Crippen LogP contribution >= 0.6 is 0 Å². The van der Waals surface area contributed by atoms with E-state index in [9.17, 15) is 14.7 Å². The maximum absolute atomic E-state index is 13.8. The van der Waals surface area contributed by atoms with Gasteiger partial charge in [0.15, 0.2) is 11.4 Å². The molecular weight excluding hydrogens is 434 g/mol. The average Bonchev–Trinajstić information content (AvgIpc) is 3.05. The molecule has 4 aromatic rings. The molecule has 35 heavy (non-hydrogen) atoms. The normalized spacial score (nSPS) is 17.2. The molecule has 1 aliphatic rings. The first-order valence-corrected chi connectivity index (χ1v) is 11.9. The first-order valence-electron chi connectivity index (χ1n) is 11.9. The first-order chi connectivity index (χ1) is 16.7. The number of amides is 1. The molecule has 1 atom stereocenters. The molecule has 1 heterocycles. The van der Waals surface area contributed by atoms with Gasteiger partial charge in [0.05, 0.1) is 18.7 Å². The van der Waals surface area contributed by atoms with Crippen molar-refractivity contribution >= 4 is 28.2 Å². The van der Waals surface area contributed by atoms with Gasteiger partial charge < -0.3 is 10.0 Å². The summed E-state index contributed by atoms with van der Waals surface area (Å²) in [6.07, 6.45) is -0.292. The molecular formula is C31H29NO3. The summed E-state index contributed by atoms with van der Waals surface area (Å²) < 4.78 is 0. The topological polar surface area (TPSA) is 57.6 Å². The maximum atomic E-state index is 13.8. The second-order valence-electron chi connectivity index (χ2n) is 9.64. The van der Waals surface area contributed by atoms with Crippen molar-refractivity contribution in [1.82, 2.24) is 0 Å². The molecule has 0 radical (unpaired) electrons. The Balaban J connectivity index is 1.55. The zero-order valence-corrected chi connectivity index (χ0v) is 20.6. The van der Waals surface area contributed by atoms with Crippen molar-refractivity contribution in [2.24, 2.45) is 0 Å². The van der Waals surface area contributed by atoms with Crippen molar-refractivity contribution in [2.45, 2.75) is 46.3 Å². The number of aryl methyl sites for hydroxylation is 2. The van der Waals surface area contributed by atoms with E-state index < -0.39 is 11.5 Å². The molecule has 4 nitrogen and oxygen atoms in total. The number of carbonyl (C=O) groups excluding carboxylic acids is 2. The molecule has 1 aliphatic heterocycles. The lowest BCUT2D eigenvalue weighted by Crippen LogP contribution is -2.41. The number of nitrogens with zero attached hydrogens (tertiary/aromatic N) is 1. The molecule has 0 spiro atoms. The molecule has 0 saturated carbocycles. The SMILES string of the molecule is Cc1cc(C)c(C)c(C(=O)C[C@]2(O)C(=O)N(Cc3cccc4ccccc34)c3ccccc32)c1C. The zero-order valence-electron chi connectivity index (χ0n) is 20.6. The number of benzene rings is 4. The Morgan fingerprint density at radius 1 is 0.857 bits per heavy atom. The fraction of sp³-hybridized carbons (Fsp3) is 0.226. The van der Waals surface area contributed by atoms with Crippen LogP contribution in [0, 0.1) is 27.7 Å². The molecule has 4 aromatic carbocycles. The number of hydrogen-bond acceptors (Lipinski definition) is 3. The fourth-order valence-corrected chi connectivity index (χ4v) is 5.39. The molecule has 4 heteroatoms. The van der Waals surface area contributed by atoms with Gasteiger partial charge in [-0.25, -0.2) is 0 Å². The smallest absolute Gasteiger partial charge is 0.264 e. The van der Waals surface area contributed by atoms with Gasteiger partial charge in [-0.05, 0) is 72.4 Å². The second kappa shape index (κ2) is 8.47. The number of carbonyl (C=O) groups is 2. The molecule has 0 aliphatic carbocycles. The summed E-state index contributed by atoms with van der Waals surface area (Å²) in [5.41, 5.74) is 4.67. The molecule has 5 rings (SSSR count). The second-order valence-corrected chi connectivity index (χ2v) is 9.64. The van der Waals surface area contributed by atoms with Crippen molar-refractivity contribution in [3.8, 4) is 0 Å². The summed E-state index contributed by atoms with van der Waals surface area (Å²) in [6, 6.07) is 23.4. The van der Waals surface area contributed by atoms with Crippen molar-refractivity contribution in [2.75, 3.05) is 4.90 Å². The summed E-state index contributed by atoms with van der Waals surface area (Å²) in [7, 11) is 0. The van der Waals surface area contributed by atoms with Gasteiger partial charge in [-0.3, -0.25) is 9.59 Å². The van der Waals surface area contributed by atoms with Crippen LogP contribution in [0.1, 0.15) is 50.2 Å². The van der Waals surface area contributed by atoms with E-state index in [1.54, 1.807) is 17.0 Å². The summed E-state index contributed by atoms with van der Waals surface area (Å²) >= 11 is 0. The standard InChI is InChI=1S/C31H29NO3/c1-19-16-20(2)22(4)29(21(19)3)28(33)17-31(35)26-14-7-8-15-27(26)32(30(31)34)18-24-12-9-11-23-10-5-6-13-25(23)24/h5-16,35H,17-18H2,1-4H3/t31-/m1/s1. The van der Waals surface area contributed by atoms with Crippen LogP contribution in [0.3, 0.4) is 0 Å². The highest BCUT2D eigenvalue weighted by Gasteiger charge is 2.51. The monoisotopic (exact) mass is 463 g/mol. The predicted octanol–water partition coefficient (Wildman–Crippen LogP) is 6.08. The average molecular weight is 464 g/mol. The van der Waals surface area contributed by atoms with E-state index in [1.807, 2.05) is 82.3 Å². The van der Waals surface area contributed by atoms with Gasteiger partial charge in [-0.15, -0.1) is 0 Å². The highest BCUT2D eigenvalue weighted by Crippen LogP contribution is 2.44. The van der Waals surface area contributed by atoms with E-state index in [0.29, 0.717) is 23.4 Å². The molecule has 176 valence electrons. The predicted molar refractivity (Wildman–Crippen MR) is 140 cm³/mol. The van der Waals surface area contributed by atoms with Crippen molar-refractivity contribution < 1.29 is 14.7 Å². The van der Waals surface area contributed by atoms with E-state index in [2.05, 4.69) is 6.07 Å². The zero-order chi connectivity index (χ0) is 24.9. The molecule has 0 fully saturated rings. The van der Waals surface area contributed by atoms with Gasteiger partial charge in [-0.2, -0.15) is 0 Å². The molecule has 0 unspecified atom stereocenters. The van der Waals surface area contributed by atoms with E-state index in [1.165, 1.54) is 0 Å². The third kappa shape index (κ3) is 3.65. The lowest BCUT2D eigenvalue weighted by molar-refractivity contribution is -0.136. The lowest BCUT2D eigenvalue weighted by atomic mass is 9.84. The maximum Gasteiger partial charge on any atom is 0.264 e. The van der Waals surface area contributed by atoms with Gasteiger partial charge in [0.1, 0.15) is 0 Å². The molecule has 0 aromatic heterocycles. The number of ketones is 1. The summed E-state index contributed by atoms with van der Waals surface area (Å²) in [4.78, 5) is 29.1. The first kappa shape index (κ1) is 23.0. The van der Waals surface area contributed by atoms with Gasteiger partial charge in [-0.1, -0.05) is 66.7 Å². The minimum absolute atomic E-state index is 0.218. The largest absolute Gasteiger partial charge is 0.375 e. The molecule has 0 bridgehead atoms. The minimum Gasteiger partial charge on any atom is -0.375 e. The van der Waals surface area contributed by atoms with Crippen LogP contribution in [0.2, 0.25) is 0 Å². The number of hydrogen-bond donors (Lipinski definition) is 1. The number of fused-ring (bicyclic) bond motifs is 2. The van der Waals surface area contributed by atoms with E-state index in [-0.39, 0.29) is 12.2 Å². The number of Topliss-reactive ketones (excluding diaryl/α,β-unsaturated/α-hetero) is 1. The Hall–Kier alpha value is -3.76.